The zero-order chi connectivity index (χ0) is 25.0. The predicted molar refractivity (Wildman–Crippen MR) is 124 cm³/mol. The van der Waals surface area contributed by atoms with E-state index in [0.717, 1.165) is 12.1 Å². The van der Waals surface area contributed by atoms with Crippen LogP contribution >= 0.6 is 0 Å². The Morgan fingerprint density at radius 3 is 2.29 bits per heavy atom. The van der Waals surface area contributed by atoms with Gasteiger partial charge in [-0.1, -0.05) is 0 Å². The Morgan fingerprint density at radius 1 is 0.943 bits per heavy atom. The van der Waals surface area contributed by atoms with Gasteiger partial charge >= 0.3 is 6.18 Å². The molecule has 0 atom stereocenters. The van der Waals surface area contributed by atoms with Crippen LogP contribution in [0.15, 0.2) is 54.9 Å². The van der Waals surface area contributed by atoms with Gasteiger partial charge in [0.25, 0.3) is 5.91 Å². The molecule has 8 nitrogen and oxygen atoms in total. The highest BCUT2D eigenvalue weighted by atomic mass is 19.4. The summed E-state index contributed by atoms with van der Waals surface area (Å²) >= 11 is 0. The maximum atomic E-state index is 13.0. The lowest BCUT2D eigenvalue weighted by Crippen LogP contribution is -2.49. The molecule has 35 heavy (non-hydrogen) atoms. The molecule has 0 unspecified atom stereocenters. The van der Waals surface area contributed by atoms with E-state index in [9.17, 15) is 18.0 Å². The van der Waals surface area contributed by atoms with Crippen LogP contribution in [0.3, 0.4) is 0 Å². The number of ether oxygens (including phenoxy) is 2. The van der Waals surface area contributed by atoms with Gasteiger partial charge in [0, 0.05) is 44.0 Å². The molecule has 184 valence electrons. The summed E-state index contributed by atoms with van der Waals surface area (Å²) in [6, 6.07) is 11.5. The van der Waals surface area contributed by atoms with Crippen LogP contribution in [0.25, 0.3) is 0 Å². The molecule has 1 fully saturated rings. The molecule has 2 aromatic carbocycles. The molecule has 1 amide bonds. The zero-order valence-electron chi connectivity index (χ0n) is 19.2. The van der Waals surface area contributed by atoms with E-state index in [1.54, 1.807) is 36.3 Å². The second-order valence-corrected chi connectivity index (χ2v) is 7.81. The molecule has 1 aliphatic rings. The summed E-state index contributed by atoms with van der Waals surface area (Å²) in [5, 5.41) is 3.00. The van der Waals surface area contributed by atoms with Gasteiger partial charge in [0.1, 0.15) is 29.5 Å². The highest BCUT2D eigenvalue weighted by Gasteiger charge is 2.30. The molecule has 3 aromatic rings. The van der Waals surface area contributed by atoms with Crippen molar-refractivity contribution in [2.75, 3.05) is 50.6 Å². The van der Waals surface area contributed by atoms with Gasteiger partial charge in [0.2, 0.25) is 0 Å². The molecule has 0 radical (unpaired) electrons. The number of hydrogen-bond donors (Lipinski definition) is 1. The van der Waals surface area contributed by atoms with Crippen LogP contribution in [0, 0.1) is 0 Å². The van der Waals surface area contributed by atoms with Crippen molar-refractivity contribution in [1.82, 2.24) is 14.9 Å². The van der Waals surface area contributed by atoms with Gasteiger partial charge in [0.05, 0.1) is 25.3 Å². The van der Waals surface area contributed by atoms with Crippen molar-refractivity contribution in [2.45, 2.75) is 6.18 Å². The summed E-state index contributed by atoms with van der Waals surface area (Å²) in [5.41, 5.74) is 0.226. The third-order valence-corrected chi connectivity index (χ3v) is 5.67. The van der Waals surface area contributed by atoms with Crippen LogP contribution in [0.2, 0.25) is 0 Å². The molecule has 2 heterocycles. The van der Waals surface area contributed by atoms with Crippen LogP contribution in [0.5, 0.6) is 11.5 Å². The summed E-state index contributed by atoms with van der Waals surface area (Å²) < 4.78 is 48.8. The molecule has 0 spiro atoms. The van der Waals surface area contributed by atoms with Crippen molar-refractivity contribution in [3.8, 4) is 11.5 Å². The fourth-order valence-corrected chi connectivity index (χ4v) is 3.76. The number of benzene rings is 2. The minimum absolute atomic E-state index is 0.128. The van der Waals surface area contributed by atoms with Crippen molar-refractivity contribution in [3.63, 3.8) is 0 Å². The first-order valence-corrected chi connectivity index (χ1v) is 10.8. The fraction of sp³-hybridized carbons (Fsp3) is 0.292. The number of piperazine rings is 1. The van der Waals surface area contributed by atoms with Crippen LogP contribution < -0.4 is 19.7 Å². The first-order chi connectivity index (χ1) is 16.8. The standard InChI is InChI=1S/C24H24F3N5O3/c1-34-18-7-8-19(20(13-18)35-2)23(33)32-11-9-31(10-12-32)22-14-21(28-15-29-22)30-17-5-3-16(4-6-17)24(25,26)27/h3-8,13-15H,9-12H2,1-2H3,(H,28,29,30). The Bertz CT molecular complexity index is 1180. The molecule has 1 N–H and O–H groups in total. The molecule has 4 rings (SSSR count). The average Bonchev–Trinajstić information content (AvgIpc) is 2.88. The van der Waals surface area contributed by atoms with Gasteiger partial charge in [-0.3, -0.25) is 4.79 Å². The first-order valence-electron chi connectivity index (χ1n) is 10.8. The lowest BCUT2D eigenvalue weighted by molar-refractivity contribution is -0.137. The lowest BCUT2D eigenvalue weighted by Gasteiger charge is -2.35. The van der Waals surface area contributed by atoms with Gasteiger partial charge < -0.3 is 24.6 Å². The monoisotopic (exact) mass is 487 g/mol. The number of halogens is 3. The quantitative estimate of drug-likeness (QED) is 0.558. The van der Waals surface area contributed by atoms with Crippen LogP contribution in [-0.2, 0) is 6.18 Å². The Morgan fingerprint density at radius 2 is 1.66 bits per heavy atom. The van der Waals surface area contributed by atoms with Crippen molar-refractivity contribution < 1.29 is 27.4 Å². The van der Waals surface area contributed by atoms with Crippen molar-refractivity contribution >= 4 is 23.2 Å². The summed E-state index contributed by atoms with van der Waals surface area (Å²) in [5.74, 6) is 2.04. The van der Waals surface area contributed by atoms with E-state index in [0.29, 0.717) is 60.6 Å². The van der Waals surface area contributed by atoms with E-state index >= 15 is 0 Å². The van der Waals surface area contributed by atoms with Gasteiger partial charge in [-0.2, -0.15) is 13.2 Å². The Labute approximate surface area is 200 Å². The lowest BCUT2D eigenvalue weighted by atomic mass is 10.1. The number of alkyl halides is 3. The number of amides is 1. The molecule has 1 saturated heterocycles. The fourth-order valence-electron chi connectivity index (χ4n) is 3.76. The first kappa shape index (κ1) is 24.1. The van der Waals surface area contributed by atoms with E-state index in [1.807, 2.05) is 4.90 Å². The normalized spacial score (nSPS) is 14.0. The number of hydrogen-bond acceptors (Lipinski definition) is 7. The van der Waals surface area contributed by atoms with Crippen molar-refractivity contribution in [1.29, 1.82) is 0 Å². The number of methoxy groups -OCH3 is 2. The Kier molecular flexibility index (Phi) is 6.94. The Hall–Kier alpha value is -4.02. The number of carbonyl (C=O) groups is 1. The van der Waals surface area contributed by atoms with Gasteiger partial charge in [0.15, 0.2) is 0 Å². The zero-order valence-corrected chi connectivity index (χ0v) is 19.2. The largest absolute Gasteiger partial charge is 0.497 e. The van der Waals surface area contributed by atoms with Crippen molar-refractivity contribution in [3.05, 3.63) is 66.0 Å². The summed E-state index contributed by atoms with van der Waals surface area (Å²) in [6.45, 7) is 2.08. The molecule has 1 aromatic heterocycles. The van der Waals surface area contributed by atoms with Crippen LogP contribution in [-0.4, -0.2) is 61.2 Å². The highest BCUT2D eigenvalue weighted by Crippen LogP contribution is 2.31. The van der Waals surface area contributed by atoms with E-state index in [-0.39, 0.29) is 5.91 Å². The van der Waals surface area contributed by atoms with Gasteiger partial charge in [-0.05, 0) is 36.4 Å². The minimum atomic E-state index is -4.39. The van der Waals surface area contributed by atoms with Gasteiger partial charge in [-0.15, -0.1) is 0 Å². The number of aromatic nitrogens is 2. The Balaban J connectivity index is 1.39. The van der Waals surface area contributed by atoms with Crippen LogP contribution in [0.4, 0.5) is 30.5 Å². The number of nitrogens with zero attached hydrogens (tertiary/aromatic N) is 4. The SMILES string of the molecule is COc1ccc(C(=O)N2CCN(c3cc(Nc4ccc(C(F)(F)F)cc4)ncn3)CC2)c(OC)c1. The number of nitrogens with one attached hydrogen (secondary N) is 1. The molecular formula is C24H24F3N5O3. The summed E-state index contributed by atoms with van der Waals surface area (Å²) in [6.07, 6.45) is -3.00. The third-order valence-electron chi connectivity index (χ3n) is 5.67. The average molecular weight is 487 g/mol. The molecule has 11 heteroatoms. The van der Waals surface area contributed by atoms with Crippen LogP contribution in [0.1, 0.15) is 15.9 Å². The highest BCUT2D eigenvalue weighted by molar-refractivity contribution is 5.97. The van der Waals surface area contributed by atoms with Gasteiger partial charge in [-0.25, -0.2) is 9.97 Å². The maximum absolute atomic E-state index is 13.0. The molecule has 0 saturated carbocycles. The second kappa shape index (κ2) is 10.1. The number of rotatable bonds is 6. The van der Waals surface area contributed by atoms with E-state index in [1.165, 1.54) is 25.6 Å². The van der Waals surface area contributed by atoms with E-state index < -0.39 is 11.7 Å². The minimum Gasteiger partial charge on any atom is -0.497 e. The number of anilines is 3. The van der Waals surface area contributed by atoms with Crippen molar-refractivity contribution in [2.24, 2.45) is 0 Å². The van der Waals surface area contributed by atoms with E-state index in [4.69, 9.17) is 9.47 Å². The summed E-state index contributed by atoms with van der Waals surface area (Å²) in [7, 11) is 3.06. The molecular weight excluding hydrogens is 463 g/mol. The molecule has 0 aliphatic carbocycles. The smallest absolute Gasteiger partial charge is 0.416 e. The predicted octanol–water partition coefficient (Wildman–Crippen LogP) is 4.22. The summed E-state index contributed by atoms with van der Waals surface area (Å²) in [4.78, 5) is 25.3. The number of carbonyl (C=O) groups excluding carboxylic acids is 1. The molecule has 0 bridgehead atoms. The molecule has 1 aliphatic heterocycles. The maximum Gasteiger partial charge on any atom is 0.416 e. The second-order valence-electron chi connectivity index (χ2n) is 7.81. The third kappa shape index (κ3) is 5.56. The topological polar surface area (TPSA) is 79.8 Å². The van der Waals surface area contributed by atoms with E-state index in [2.05, 4.69) is 15.3 Å².